The van der Waals surface area contributed by atoms with Gasteiger partial charge in [-0.3, -0.25) is 4.79 Å². The second-order valence-electron chi connectivity index (χ2n) is 5.94. The van der Waals surface area contributed by atoms with Crippen molar-refractivity contribution in [2.75, 3.05) is 0 Å². The lowest BCUT2D eigenvalue weighted by Crippen LogP contribution is -2.13. The fourth-order valence-corrected chi connectivity index (χ4v) is 3.49. The van der Waals surface area contributed by atoms with Crippen molar-refractivity contribution >= 4 is 6.29 Å². The van der Waals surface area contributed by atoms with Gasteiger partial charge in [-0.05, 0) is 55.1 Å². The first kappa shape index (κ1) is 14.3. The van der Waals surface area contributed by atoms with E-state index in [9.17, 15) is 4.79 Å². The number of aryl methyl sites for hydroxylation is 1. The van der Waals surface area contributed by atoms with Crippen LogP contribution >= 0.6 is 0 Å². The Morgan fingerprint density at radius 3 is 2.47 bits per heavy atom. The molecule has 1 heteroatoms. The molecule has 19 heavy (non-hydrogen) atoms. The van der Waals surface area contributed by atoms with Gasteiger partial charge in [-0.25, -0.2) is 0 Å². The molecular weight excluding hydrogens is 232 g/mol. The molecule has 0 atom stereocenters. The Kier molecular flexibility index (Phi) is 5.18. The summed E-state index contributed by atoms with van der Waals surface area (Å²) in [5, 5.41) is 0. The van der Waals surface area contributed by atoms with E-state index in [0.717, 1.165) is 30.1 Å². The van der Waals surface area contributed by atoms with Crippen LogP contribution in [0.15, 0.2) is 18.2 Å². The van der Waals surface area contributed by atoms with E-state index in [1.807, 2.05) is 6.07 Å². The molecule has 0 aliphatic heterocycles. The zero-order valence-electron chi connectivity index (χ0n) is 12.3. The highest BCUT2D eigenvalue weighted by Gasteiger charge is 2.22. The molecule has 1 aromatic rings. The third-order valence-electron chi connectivity index (χ3n) is 4.69. The number of carbonyl (C=O) groups excluding carboxylic acids is 1. The molecule has 1 saturated carbocycles. The van der Waals surface area contributed by atoms with E-state index < -0.39 is 0 Å². The molecule has 104 valence electrons. The van der Waals surface area contributed by atoms with Crippen LogP contribution in [0.25, 0.3) is 0 Å². The van der Waals surface area contributed by atoms with Crippen LogP contribution in [0.4, 0.5) is 0 Å². The minimum Gasteiger partial charge on any atom is -0.298 e. The number of aldehydes is 1. The highest BCUT2D eigenvalue weighted by atomic mass is 16.1. The molecule has 0 heterocycles. The van der Waals surface area contributed by atoms with Gasteiger partial charge in [0.1, 0.15) is 6.29 Å². The molecule has 0 spiro atoms. The standard InChI is InChI=1S/C18H26O/c1-3-5-14-6-8-16(9-7-14)17-10-11-18(13-19)15(4-2)12-17/h10-14,16H,3-9H2,1-2H3. The van der Waals surface area contributed by atoms with Crippen LogP contribution < -0.4 is 0 Å². The number of benzene rings is 1. The van der Waals surface area contributed by atoms with Crippen LogP contribution in [-0.2, 0) is 6.42 Å². The van der Waals surface area contributed by atoms with Crippen LogP contribution in [0.2, 0.25) is 0 Å². The minimum atomic E-state index is 0.721. The van der Waals surface area contributed by atoms with Crippen LogP contribution in [0.3, 0.4) is 0 Å². The molecule has 0 radical (unpaired) electrons. The maximum Gasteiger partial charge on any atom is 0.150 e. The zero-order valence-corrected chi connectivity index (χ0v) is 12.3. The van der Waals surface area contributed by atoms with Gasteiger partial charge < -0.3 is 0 Å². The van der Waals surface area contributed by atoms with Crippen LogP contribution in [-0.4, -0.2) is 6.29 Å². The first-order chi connectivity index (χ1) is 9.28. The van der Waals surface area contributed by atoms with Crippen molar-refractivity contribution in [3.63, 3.8) is 0 Å². The molecule has 1 aromatic carbocycles. The fraction of sp³-hybridized carbons (Fsp3) is 0.611. The predicted molar refractivity (Wildman–Crippen MR) is 80.8 cm³/mol. The van der Waals surface area contributed by atoms with Gasteiger partial charge in [-0.2, -0.15) is 0 Å². The summed E-state index contributed by atoms with van der Waals surface area (Å²) in [5.41, 5.74) is 3.53. The topological polar surface area (TPSA) is 17.1 Å². The lowest BCUT2D eigenvalue weighted by molar-refractivity contribution is 0.112. The third kappa shape index (κ3) is 3.46. The SMILES string of the molecule is CCCC1CCC(c2ccc(C=O)c(CC)c2)CC1. The third-order valence-corrected chi connectivity index (χ3v) is 4.69. The monoisotopic (exact) mass is 258 g/mol. The summed E-state index contributed by atoms with van der Waals surface area (Å²) in [6.07, 6.45) is 10.1. The van der Waals surface area contributed by atoms with Gasteiger partial charge in [0.15, 0.2) is 0 Å². The molecular formula is C18H26O. The Hall–Kier alpha value is -1.11. The molecule has 2 rings (SSSR count). The van der Waals surface area contributed by atoms with E-state index in [0.29, 0.717) is 0 Å². The Bertz CT molecular complexity index is 414. The van der Waals surface area contributed by atoms with E-state index in [1.54, 1.807) is 0 Å². The van der Waals surface area contributed by atoms with Gasteiger partial charge in [0.2, 0.25) is 0 Å². The van der Waals surface area contributed by atoms with Crippen molar-refractivity contribution in [1.82, 2.24) is 0 Å². The molecule has 0 saturated heterocycles. The van der Waals surface area contributed by atoms with Crippen LogP contribution in [0.1, 0.15) is 79.8 Å². The Balaban J connectivity index is 2.05. The van der Waals surface area contributed by atoms with Crippen molar-refractivity contribution in [3.8, 4) is 0 Å². The molecule has 0 unspecified atom stereocenters. The van der Waals surface area contributed by atoms with Crippen molar-refractivity contribution in [2.45, 2.75) is 64.7 Å². The summed E-state index contributed by atoms with van der Waals surface area (Å²) < 4.78 is 0. The summed E-state index contributed by atoms with van der Waals surface area (Å²) >= 11 is 0. The first-order valence-corrected chi connectivity index (χ1v) is 7.86. The largest absolute Gasteiger partial charge is 0.298 e. The second-order valence-corrected chi connectivity index (χ2v) is 5.94. The van der Waals surface area contributed by atoms with Crippen LogP contribution in [0.5, 0.6) is 0 Å². The molecule has 1 aliphatic rings. The molecule has 0 aromatic heterocycles. The lowest BCUT2D eigenvalue weighted by Gasteiger charge is -2.29. The van der Waals surface area contributed by atoms with Crippen molar-refractivity contribution in [3.05, 3.63) is 34.9 Å². The Morgan fingerprint density at radius 2 is 1.89 bits per heavy atom. The van der Waals surface area contributed by atoms with Gasteiger partial charge in [-0.1, -0.05) is 44.9 Å². The molecule has 1 aliphatic carbocycles. The maximum atomic E-state index is 11.0. The lowest BCUT2D eigenvalue weighted by atomic mass is 9.77. The smallest absolute Gasteiger partial charge is 0.150 e. The van der Waals surface area contributed by atoms with Crippen molar-refractivity contribution in [1.29, 1.82) is 0 Å². The van der Waals surface area contributed by atoms with E-state index in [-0.39, 0.29) is 0 Å². The molecule has 1 nitrogen and oxygen atoms in total. The highest BCUT2D eigenvalue weighted by molar-refractivity contribution is 5.77. The van der Waals surface area contributed by atoms with Gasteiger partial charge in [0.05, 0.1) is 0 Å². The van der Waals surface area contributed by atoms with E-state index >= 15 is 0 Å². The summed E-state index contributed by atoms with van der Waals surface area (Å²) in [6, 6.07) is 6.46. The van der Waals surface area contributed by atoms with Crippen molar-refractivity contribution in [2.24, 2.45) is 5.92 Å². The van der Waals surface area contributed by atoms with Crippen molar-refractivity contribution < 1.29 is 4.79 Å². The first-order valence-electron chi connectivity index (χ1n) is 7.86. The fourth-order valence-electron chi connectivity index (χ4n) is 3.49. The van der Waals surface area contributed by atoms with E-state index in [2.05, 4.69) is 26.0 Å². The average molecular weight is 258 g/mol. The zero-order chi connectivity index (χ0) is 13.7. The summed E-state index contributed by atoms with van der Waals surface area (Å²) in [7, 11) is 0. The number of hydrogen-bond acceptors (Lipinski definition) is 1. The molecule has 1 fully saturated rings. The summed E-state index contributed by atoms with van der Waals surface area (Å²) in [4.78, 5) is 11.0. The second kappa shape index (κ2) is 6.88. The highest BCUT2D eigenvalue weighted by Crippen LogP contribution is 2.37. The van der Waals surface area contributed by atoms with Crippen LogP contribution in [0, 0.1) is 5.92 Å². The predicted octanol–water partition coefficient (Wildman–Crippen LogP) is 5.14. The number of hydrogen-bond donors (Lipinski definition) is 0. The van der Waals surface area contributed by atoms with Gasteiger partial charge in [0, 0.05) is 5.56 Å². The summed E-state index contributed by atoms with van der Waals surface area (Å²) in [5.74, 6) is 1.68. The normalized spacial score (nSPS) is 23.3. The molecule has 0 N–H and O–H groups in total. The number of rotatable bonds is 5. The van der Waals surface area contributed by atoms with Gasteiger partial charge >= 0.3 is 0 Å². The maximum absolute atomic E-state index is 11.0. The Morgan fingerprint density at radius 1 is 1.16 bits per heavy atom. The Labute approximate surface area is 117 Å². The average Bonchev–Trinajstić information content (AvgIpc) is 2.47. The van der Waals surface area contributed by atoms with E-state index in [4.69, 9.17) is 0 Å². The van der Waals surface area contributed by atoms with E-state index in [1.165, 1.54) is 49.7 Å². The van der Waals surface area contributed by atoms with Gasteiger partial charge in [-0.15, -0.1) is 0 Å². The minimum absolute atomic E-state index is 0.721. The molecule has 0 bridgehead atoms. The molecule has 0 amide bonds. The van der Waals surface area contributed by atoms with Gasteiger partial charge in [0.25, 0.3) is 0 Å². The quantitative estimate of drug-likeness (QED) is 0.669. The number of carbonyl (C=O) groups is 1. The summed E-state index contributed by atoms with van der Waals surface area (Å²) in [6.45, 7) is 4.42.